The Kier molecular flexibility index (Phi) is 4.51. The molecule has 3 nitrogen and oxygen atoms in total. The normalized spacial score (nSPS) is 22.0. The third-order valence-corrected chi connectivity index (χ3v) is 4.87. The van der Waals surface area contributed by atoms with Crippen molar-refractivity contribution in [2.24, 2.45) is 5.92 Å². The number of ether oxygens (including phenoxy) is 2. The molecule has 1 saturated carbocycles. The first-order valence-electron chi connectivity index (χ1n) is 7.49. The van der Waals surface area contributed by atoms with Gasteiger partial charge in [0.2, 0.25) is 0 Å². The number of benzene rings is 1. The summed E-state index contributed by atoms with van der Waals surface area (Å²) >= 11 is 3.68. The van der Waals surface area contributed by atoms with Crippen molar-refractivity contribution in [2.45, 2.75) is 38.1 Å². The summed E-state index contributed by atoms with van der Waals surface area (Å²) in [6.07, 6.45) is 6.18. The SMILES string of the molecule is COc1cc(CC2CCCN2)c(Br)cc1OCC1CC1. The molecule has 1 aliphatic carbocycles. The molecular weight excluding hydrogens is 318 g/mol. The van der Waals surface area contributed by atoms with Crippen molar-refractivity contribution in [1.82, 2.24) is 5.32 Å². The molecule has 1 aromatic rings. The number of halogens is 1. The number of methoxy groups -OCH3 is 1. The number of hydrogen-bond acceptors (Lipinski definition) is 3. The molecule has 0 amide bonds. The van der Waals surface area contributed by atoms with E-state index in [0.717, 1.165) is 41.5 Å². The van der Waals surface area contributed by atoms with Crippen LogP contribution < -0.4 is 14.8 Å². The van der Waals surface area contributed by atoms with Crippen molar-refractivity contribution in [2.75, 3.05) is 20.3 Å². The maximum absolute atomic E-state index is 5.89. The predicted molar refractivity (Wildman–Crippen MR) is 83.6 cm³/mol. The standard InChI is InChI=1S/C16H22BrNO2/c1-19-15-8-12(7-13-3-2-6-18-13)14(17)9-16(15)20-10-11-4-5-11/h8-9,11,13,18H,2-7,10H2,1H3. The van der Waals surface area contributed by atoms with Gasteiger partial charge in [0, 0.05) is 10.5 Å². The predicted octanol–water partition coefficient (Wildman–Crippen LogP) is 3.54. The zero-order valence-corrected chi connectivity index (χ0v) is 13.5. The molecule has 20 heavy (non-hydrogen) atoms. The van der Waals surface area contributed by atoms with E-state index < -0.39 is 0 Å². The molecule has 1 heterocycles. The number of hydrogen-bond donors (Lipinski definition) is 1. The third-order valence-electron chi connectivity index (χ3n) is 4.13. The summed E-state index contributed by atoms with van der Waals surface area (Å²) in [5.74, 6) is 2.46. The van der Waals surface area contributed by atoms with Gasteiger partial charge in [-0.15, -0.1) is 0 Å². The molecule has 1 aliphatic heterocycles. The Bertz CT molecular complexity index is 468. The van der Waals surface area contributed by atoms with Gasteiger partial charge in [-0.2, -0.15) is 0 Å². The Balaban J connectivity index is 1.72. The number of rotatable bonds is 6. The molecule has 0 bridgehead atoms. The molecular formula is C16H22BrNO2. The smallest absolute Gasteiger partial charge is 0.162 e. The fourth-order valence-corrected chi connectivity index (χ4v) is 3.18. The average Bonchev–Trinajstić information content (AvgIpc) is 3.14. The monoisotopic (exact) mass is 339 g/mol. The highest BCUT2D eigenvalue weighted by atomic mass is 79.9. The van der Waals surface area contributed by atoms with Gasteiger partial charge in [0.25, 0.3) is 0 Å². The molecule has 1 atom stereocenters. The van der Waals surface area contributed by atoms with Crippen LogP contribution in [0.25, 0.3) is 0 Å². The lowest BCUT2D eigenvalue weighted by atomic mass is 10.0. The summed E-state index contributed by atoms with van der Waals surface area (Å²) in [6.45, 7) is 1.95. The Morgan fingerprint density at radius 2 is 2.10 bits per heavy atom. The Morgan fingerprint density at radius 1 is 1.25 bits per heavy atom. The van der Waals surface area contributed by atoms with Gasteiger partial charge < -0.3 is 14.8 Å². The Labute approximate surface area is 129 Å². The van der Waals surface area contributed by atoms with Crippen LogP contribution in [0.3, 0.4) is 0 Å². The maximum Gasteiger partial charge on any atom is 0.162 e. The first-order chi connectivity index (χ1) is 9.76. The van der Waals surface area contributed by atoms with Crippen LogP contribution in [0.5, 0.6) is 11.5 Å². The second kappa shape index (κ2) is 6.35. The molecule has 0 aromatic heterocycles. The van der Waals surface area contributed by atoms with Crippen LogP contribution in [-0.4, -0.2) is 26.3 Å². The highest BCUT2D eigenvalue weighted by Crippen LogP contribution is 2.36. The van der Waals surface area contributed by atoms with E-state index in [-0.39, 0.29) is 0 Å². The van der Waals surface area contributed by atoms with E-state index in [4.69, 9.17) is 9.47 Å². The first kappa shape index (κ1) is 14.2. The average molecular weight is 340 g/mol. The molecule has 0 spiro atoms. The summed E-state index contributed by atoms with van der Waals surface area (Å²) in [7, 11) is 1.71. The zero-order valence-electron chi connectivity index (χ0n) is 12.0. The largest absolute Gasteiger partial charge is 0.493 e. The summed E-state index contributed by atoms with van der Waals surface area (Å²) in [5, 5.41) is 3.54. The molecule has 4 heteroatoms. The van der Waals surface area contributed by atoms with Gasteiger partial charge in [0.1, 0.15) is 0 Å². The van der Waals surface area contributed by atoms with Crippen molar-refractivity contribution in [3.8, 4) is 11.5 Å². The summed E-state index contributed by atoms with van der Waals surface area (Å²) in [6, 6.07) is 4.77. The van der Waals surface area contributed by atoms with E-state index in [0.29, 0.717) is 6.04 Å². The molecule has 3 rings (SSSR count). The van der Waals surface area contributed by atoms with Crippen molar-refractivity contribution in [3.63, 3.8) is 0 Å². The van der Waals surface area contributed by atoms with E-state index >= 15 is 0 Å². The Morgan fingerprint density at radius 3 is 2.75 bits per heavy atom. The molecule has 1 unspecified atom stereocenters. The van der Waals surface area contributed by atoms with E-state index in [1.807, 2.05) is 0 Å². The third kappa shape index (κ3) is 3.47. The van der Waals surface area contributed by atoms with Gasteiger partial charge in [-0.05, 0) is 62.3 Å². The molecule has 110 valence electrons. The van der Waals surface area contributed by atoms with Gasteiger partial charge in [0.15, 0.2) is 11.5 Å². The Hall–Kier alpha value is -0.740. The first-order valence-corrected chi connectivity index (χ1v) is 8.28. The lowest BCUT2D eigenvalue weighted by Crippen LogP contribution is -2.23. The quantitative estimate of drug-likeness (QED) is 0.859. The van der Waals surface area contributed by atoms with Crippen molar-refractivity contribution < 1.29 is 9.47 Å². The molecule has 0 radical (unpaired) electrons. The van der Waals surface area contributed by atoms with Crippen LogP contribution in [-0.2, 0) is 6.42 Å². The molecule has 2 aliphatic rings. The summed E-state index contributed by atoms with van der Waals surface area (Å²) in [5.41, 5.74) is 1.29. The van der Waals surface area contributed by atoms with Crippen LogP contribution in [0, 0.1) is 5.92 Å². The maximum atomic E-state index is 5.89. The van der Waals surface area contributed by atoms with Gasteiger partial charge in [0.05, 0.1) is 13.7 Å². The highest BCUT2D eigenvalue weighted by molar-refractivity contribution is 9.10. The van der Waals surface area contributed by atoms with Gasteiger partial charge in [-0.3, -0.25) is 0 Å². The van der Waals surface area contributed by atoms with E-state index in [1.165, 1.54) is 31.2 Å². The topological polar surface area (TPSA) is 30.5 Å². The van der Waals surface area contributed by atoms with Crippen LogP contribution in [0.1, 0.15) is 31.2 Å². The molecule has 2 fully saturated rings. The lowest BCUT2D eigenvalue weighted by Gasteiger charge is -2.16. The minimum absolute atomic E-state index is 0.592. The molecule has 1 aromatic carbocycles. The van der Waals surface area contributed by atoms with E-state index in [1.54, 1.807) is 7.11 Å². The van der Waals surface area contributed by atoms with Crippen LogP contribution in [0.2, 0.25) is 0 Å². The summed E-state index contributed by atoms with van der Waals surface area (Å²) in [4.78, 5) is 0. The van der Waals surface area contributed by atoms with Crippen molar-refractivity contribution >= 4 is 15.9 Å². The second-order valence-corrected chi connectivity index (χ2v) is 6.70. The van der Waals surface area contributed by atoms with E-state index in [9.17, 15) is 0 Å². The second-order valence-electron chi connectivity index (χ2n) is 5.85. The van der Waals surface area contributed by atoms with Crippen molar-refractivity contribution in [3.05, 3.63) is 22.2 Å². The van der Waals surface area contributed by atoms with Gasteiger partial charge >= 0.3 is 0 Å². The van der Waals surface area contributed by atoms with Gasteiger partial charge in [-0.25, -0.2) is 0 Å². The lowest BCUT2D eigenvalue weighted by molar-refractivity contribution is 0.280. The van der Waals surface area contributed by atoms with Crippen LogP contribution in [0.15, 0.2) is 16.6 Å². The highest BCUT2D eigenvalue weighted by Gasteiger charge is 2.23. The minimum atomic E-state index is 0.592. The van der Waals surface area contributed by atoms with Crippen molar-refractivity contribution in [1.29, 1.82) is 0 Å². The fourth-order valence-electron chi connectivity index (χ4n) is 2.69. The molecule has 1 N–H and O–H groups in total. The van der Waals surface area contributed by atoms with Crippen LogP contribution in [0.4, 0.5) is 0 Å². The van der Waals surface area contributed by atoms with E-state index in [2.05, 4.69) is 33.4 Å². The zero-order chi connectivity index (χ0) is 13.9. The minimum Gasteiger partial charge on any atom is -0.493 e. The fraction of sp³-hybridized carbons (Fsp3) is 0.625. The van der Waals surface area contributed by atoms with Gasteiger partial charge in [-0.1, -0.05) is 15.9 Å². The van der Waals surface area contributed by atoms with Crippen LogP contribution >= 0.6 is 15.9 Å². The molecule has 1 saturated heterocycles. The summed E-state index contributed by atoms with van der Waals surface area (Å²) < 4.78 is 12.5. The number of nitrogens with one attached hydrogen (secondary N) is 1.